The monoisotopic (exact) mass is 351 g/mol. The minimum Gasteiger partial charge on any atom is -0.385 e. The summed E-state index contributed by atoms with van der Waals surface area (Å²) in [4.78, 5) is 4.16. The van der Waals surface area contributed by atoms with Gasteiger partial charge in [0.2, 0.25) is 0 Å². The van der Waals surface area contributed by atoms with Crippen LogP contribution >= 0.6 is 23.2 Å². The van der Waals surface area contributed by atoms with Crippen LogP contribution in [0.15, 0.2) is 42.7 Å². The van der Waals surface area contributed by atoms with Crippen molar-refractivity contribution in [2.45, 2.75) is 45.6 Å². The van der Waals surface area contributed by atoms with Crippen LogP contribution in [0.4, 0.5) is 0 Å². The number of nitrogens with zero attached hydrogens (tertiary/aromatic N) is 1. The summed E-state index contributed by atoms with van der Waals surface area (Å²) in [5.74, 6) is 0. The second kappa shape index (κ2) is 7.21. The van der Waals surface area contributed by atoms with Crippen LogP contribution in [0.5, 0.6) is 0 Å². The molecular weight excluding hydrogens is 329 g/mol. The van der Waals surface area contributed by atoms with Crippen LogP contribution in [0.1, 0.15) is 44.7 Å². The summed E-state index contributed by atoms with van der Waals surface area (Å²) in [6.45, 7) is 6.52. The smallest absolute Gasteiger partial charge is 0.0952 e. The van der Waals surface area contributed by atoms with Crippen LogP contribution in [0.2, 0.25) is 10.0 Å². The maximum Gasteiger partial charge on any atom is 0.0952 e. The normalized spacial score (nSPS) is 14.5. The number of hydrogen-bond donors (Lipinski definition) is 1. The van der Waals surface area contributed by atoms with Gasteiger partial charge in [-0.15, -0.1) is 0 Å². The number of rotatable bonds is 5. The van der Waals surface area contributed by atoms with Crippen LogP contribution in [-0.4, -0.2) is 10.1 Å². The topological polar surface area (TPSA) is 33.1 Å². The van der Waals surface area contributed by atoms with Gasteiger partial charge in [-0.2, -0.15) is 0 Å². The predicted molar refractivity (Wildman–Crippen MR) is 97.0 cm³/mol. The molecule has 0 saturated heterocycles. The van der Waals surface area contributed by atoms with Crippen molar-refractivity contribution in [3.05, 3.63) is 63.9 Å². The average Bonchev–Trinajstić information content (AvgIpc) is 2.48. The van der Waals surface area contributed by atoms with Crippen LogP contribution in [-0.2, 0) is 12.0 Å². The molecule has 1 heterocycles. The first-order chi connectivity index (χ1) is 10.7. The van der Waals surface area contributed by atoms with E-state index in [9.17, 15) is 5.11 Å². The fourth-order valence-corrected chi connectivity index (χ4v) is 3.01. The molecule has 0 bridgehead atoms. The Kier molecular flexibility index (Phi) is 5.72. The molecule has 0 saturated carbocycles. The van der Waals surface area contributed by atoms with E-state index >= 15 is 0 Å². The van der Waals surface area contributed by atoms with Gasteiger partial charge in [-0.1, -0.05) is 56.1 Å². The first-order valence-electron chi connectivity index (χ1n) is 7.76. The molecule has 1 aromatic heterocycles. The standard InChI is InChI=1S/C19H23Cl2NO/c1-18(2,3)8-9-19(23,15-5-4-10-22-13-15)12-14-6-7-16(20)11-17(14)21/h4-7,10-11,13,23H,8-9,12H2,1-3H3. The van der Waals surface area contributed by atoms with E-state index in [0.717, 1.165) is 17.5 Å². The minimum absolute atomic E-state index is 0.139. The Hall–Kier alpha value is -1.09. The van der Waals surface area contributed by atoms with E-state index in [1.165, 1.54) is 0 Å². The number of aromatic nitrogens is 1. The number of halogens is 2. The van der Waals surface area contributed by atoms with Crippen LogP contribution < -0.4 is 0 Å². The average molecular weight is 352 g/mol. The highest BCUT2D eigenvalue weighted by molar-refractivity contribution is 6.35. The molecule has 124 valence electrons. The van der Waals surface area contributed by atoms with Gasteiger partial charge >= 0.3 is 0 Å². The minimum atomic E-state index is -1.00. The molecule has 0 spiro atoms. The molecule has 23 heavy (non-hydrogen) atoms. The van der Waals surface area contributed by atoms with Crippen molar-refractivity contribution >= 4 is 23.2 Å². The van der Waals surface area contributed by atoms with Gasteiger partial charge in [0.1, 0.15) is 0 Å². The van der Waals surface area contributed by atoms with Gasteiger partial charge in [0.25, 0.3) is 0 Å². The van der Waals surface area contributed by atoms with Crippen molar-refractivity contribution in [1.29, 1.82) is 0 Å². The first kappa shape index (κ1) is 18.3. The Morgan fingerprint density at radius 2 is 1.83 bits per heavy atom. The van der Waals surface area contributed by atoms with E-state index in [1.807, 2.05) is 18.2 Å². The van der Waals surface area contributed by atoms with Gasteiger partial charge in [0, 0.05) is 34.4 Å². The third-order valence-electron chi connectivity index (χ3n) is 3.99. The van der Waals surface area contributed by atoms with Gasteiger partial charge in [0.05, 0.1) is 5.60 Å². The molecule has 2 rings (SSSR count). The molecule has 1 atom stereocenters. The molecule has 1 aromatic carbocycles. The molecule has 0 aliphatic heterocycles. The second-order valence-electron chi connectivity index (χ2n) is 7.25. The van der Waals surface area contributed by atoms with E-state index in [4.69, 9.17) is 23.2 Å². The lowest BCUT2D eigenvalue weighted by Gasteiger charge is -2.32. The lowest BCUT2D eigenvalue weighted by Crippen LogP contribution is -2.30. The van der Waals surface area contributed by atoms with Crippen molar-refractivity contribution in [2.75, 3.05) is 0 Å². The molecular formula is C19H23Cl2NO. The Labute approximate surface area is 148 Å². The molecule has 0 fully saturated rings. The Balaban J connectivity index is 2.33. The third kappa shape index (κ3) is 5.20. The summed E-state index contributed by atoms with van der Waals surface area (Å²) >= 11 is 12.3. The zero-order valence-corrected chi connectivity index (χ0v) is 15.3. The summed E-state index contributed by atoms with van der Waals surface area (Å²) in [6, 6.07) is 9.16. The van der Waals surface area contributed by atoms with Crippen molar-refractivity contribution in [3.8, 4) is 0 Å². The number of hydrogen-bond acceptors (Lipinski definition) is 2. The van der Waals surface area contributed by atoms with E-state index < -0.39 is 5.60 Å². The summed E-state index contributed by atoms with van der Waals surface area (Å²) < 4.78 is 0. The van der Waals surface area contributed by atoms with Crippen LogP contribution in [0.3, 0.4) is 0 Å². The number of benzene rings is 1. The lowest BCUT2D eigenvalue weighted by atomic mass is 9.79. The van der Waals surface area contributed by atoms with Gasteiger partial charge < -0.3 is 5.11 Å². The van der Waals surface area contributed by atoms with Crippen molar-refractivity contribution in [1.82, 2.24) is 4.98 Å². The zero-order chi connectivity index (χ0) is 17.1. The van der Waals surface area contributed by atoms with Gasteiger partial charge in [-0.3, -0.25) is 4.98 Å². The van der Waals surface area contributed by atoms with E-state index in [1.54, 1.807) is 24.5 Å². The first-order valence-corrected chi connectivity index (χ1v) is 8.52. The summed E-state index contributed by atoms with van der Waals surface area (Å²) in [7, 11) is 0. The maximum absolute atomic E-state index is 11.4. The number of aliphatic hydroxyl groups is 1. The van der Waals surface area contributed by atoms with Gasteiger partial charge in [-0.05, 0) is 42.0 Å². The van der Waals surface area contributed by atoms with Gasteiger partial charge in [-0.25, -0.2) is 0 Å². The Bertz CT molecular complexity index is 652. The molecule has 0 radical (unpaired) electrons. The summed E-state index contributed by atoms with van der Waals surface area (Å²) in [6.07, 6.45) is 5.41. The molecule has 2 aromatic rings. The highest BCUT2D eigenvalue weighted by Gasteiger charge is 2.32. The van der Waals surface area contributed by atoms with E-state index in [2.05, 4.69) is 25.8 Å². The van der Waals surface area contributed by atoms with Gasteiger partial charge in [0.15, 0.2) is 0 Å². The molecule has 2 nitrogen and oxygen atoms in total. The van der Waals surface area contributed by atoms with Crippen LogP contribution in [0, 0.1) is 5.41 Å². The SMILES string of the molecule is CC(C)(C)CCC(O)(Cc1ccc(Cl)cc1Cl)c1cccnc1. The predicted octanol–water partition coefficient (Wildman–Crippen LogP) is 5.65. The molecule has 4 heteroatoms. The Morgan fingerprint density at radius 3 is 2.39 bits per heavy atom. The van der Waals surface area contributed by atoms with E-state index in [-0.39, 0.29) is 5.41 Å². The summed E-state index contributed by atoms with van der Waals surface area (Å²) in [5.41, 5.74) is 0.838. The fourth-order valence-electron chi connectivity index (χ4n) is 2.53. The van der Waals surface area contributed by atoms with Crippen molar-refractivity contribution in [3.63, 3.8) is 0 Å². The fraction of sp³-hybridized carbons (Fsp3) is 0.421. The third-order valence-corrected chi connectivity index (χ3v) is 4.57. The number of pyridine rings is 1. The summed E-state index contributed by atoms with van der Waals surface area (Å²) in [5, 5.41) is 12.5. The van der Waals surface area contributed by atoms with Crippen molar-refractivity contribution < 1.29 is 5.11 Å². The molecule has 0 aliphatic rings. The van der Waals surface area contributed by atoms with Crippen LogP contribution in [0.25, 0.3) is 0 Å². The highest BCUT2D eigenvalue weighted by atomic mass is 35.5. The quantitative estimate of drug-likeness (QED) is 0.755. The van der Waals surface area contributed by atoms with E-state index in [0.29, 0.717) is 22.9 Å². The molecule has 1 unspecified atom stereocenters. The highest BCUT2D eigenvalue weighted by Crippen LogP contribution is 2.36. The van der Waals surface area contributed by atoms with Crippen molar-refractivity contribution in [2.24, 2.45) is 5.41 Å². The molecule has 0 amide bonds. The zero-order valence-electron chi connectivity index (χ0n) is 13.8. The maximum atomic E-state index is 11.4. The largest absolute Gasteiger partial charge is 0.385 e. The molecule has 0 aliphatic carbocycles. The molecule has 1 N–H and O–H groups in total. The second-order valence-corrected chi connectivity index (χ2v) is 8.09. The lowest BCUT2D eigenvalue weighted by molar-refractivity contribution is 0.0165. The Morgan fingerprint density at radius 1 is 1.09 bits per heavy atom.